The largest absolute Gasteiger partial charge is 0.390 e. The first-order valence-corrected chi connectivity index (χ1v) is 5.09. The smallest absolute Gasteiger partial charge is 0.280 e. The molecule has 1 aliphatic rings. The van der Waals surface area contributed by atoms with Gasteiger partial charge in [-0.05, 0) is 30.1 Å². The van der Waals surface area contributed by atoms with E-state index < -0.39 is 5.60 Å². The maximum atomic E-state index is 11.9. The van der Waals surface area contributed by atoms with Crippen molar-refractivity contribution in [3.8, 4) is 0 Å². The van der Waals surface area contributed by atoms with E-state index in [9.17, 15) is 9.90 Å². The van der Waals surface area contributed by atoms with Gasteiger partial charge in [0.2, 0.25) is 11.5 Å². The summed E-state index contributed by atoms with van der Waals surface area (Å²) in [5.74, 6) is -0.295. The fourth-order valence-corrected chi connectivity index (χ4v) is 1.69. The van der Waals surface area contributed by atoms with E-state index >= 15 is 0 Å². The number of hydrogen-bond acceptors (Lipinski definition) is 6. The van der Waals surface area contributed by atoms with Crippen LogP contribution in [-0.2, 0) is 0 Å². The predicted octanol–water partition coefficient (Wildman–Crippen LogP) is -0.361. The van der Waals surface area contributed by atoms with E-state index in [-0.39, 0.29) is 17.4 Å². The summed E-state index contributed by atoms with van der Waals surface area (Å²) in [6.45, 7) is 2.73. The quantitative estimate of drug-likeness (QED) is 0.677. The normalized spacial score (nSPS) is 19.8. The maximum Gasteiger partial charge on any atom is 0.280 e. The topological polar surface area (TPSA) is 105 Å². The lowest BCUT2D eigenvalue weighted by Crippen LogP contribution is -2.45. The van der Waals surface area contributed by atoms with Crippen LogP contribution in [0.1, 0.15) is 30.3 Å². The highest BCUT2D eigenvalue weighted by molar-refractivity contribution is 5.96. The molecule has 1 fully saturated rings. The number of piperidine rings is 1. The molecule has 1 aliphatic heterocycles. The Morgan fingerprint density at radius 1 is 1.50 bits per heavy atom. The number of carbonyl (C=O) groups excluding carboxylic acids is 1. The second-order valence-electron chi connectivity index (χ2n) is 4.29. The molecular formula is C9H14N4O3. The summed E-state index contributed by atoms with van der Waals surface area (Å²) >= 11 is 0. The molecule has 0 saturated carbocycles. The van der Waals surface area contributed by atoms with Crippen LogP contribution in [0.25, 0.3) is 0 Å². The van der Waals surface area contributed by atoms with Gasteiger partial charge in [-0.3, -0.25) is 4.79 Å². The fraction of sp³-hybridized carbons (Fsp3) is 0.667. The molecule has 7 nitrogen and oxygen atoms in total. The number of nitrogens with two attached hydrogens (primary N) is 1. The van der Waals surface area contributed by atoms with Gasteiger partial charge in [0.1, 0.15) is 0 Å². The molecular weight excluding hydrogens is 212 g/mol. The third kappa shape index (κ3) is 1.99. The van der Waals surface area contributed by atoms with Gasteiger partial charge in [-0.15, -0.1) is 0 Å². The Bertz CT molecular complexity index is 391. The minimum absolute atomic E-state index is 0.00216. The van der Waals surface area contributed by atoms with Crippen LogP contribution in [0.3, 0.4) is 0 Å². The third-order valence-electron chi connectivity index (χ3n) is 2.84. The van der Waals surface area contributed by atoms with E-state index in [0.29, 0.717) is 25.9 Å². The maximum absolute atomic E-state index is 11.9. The Morgan fingerprint density at radius 3 is 2.62 bits per heavy atom. The van der Waals surface area contributed by atoms with Crippen LogP contribution >= 0.6 is 0 Å². The van der Waals surface area contributed by atoms with Gasteiger partial charge in [0.05, 0.1) is 5.60 Å². The Labute approximate surface area is 92.2 Å². The van der Waals surface area contributed by atoms with E-state index in [4.69, 9.17) is 5.73 Å². The number of aliphatic hydroxyl groups is 1. The molecule has 2 heterocycles. The molecule has 1 amide bonds. The molecule has 1 aromatic heterocycles. The molecule has 1 saturated heterocycles. The second kappa shape index (κ2) is 3.75. The molecule has 0 unspecified atom stereocenters. The van der Waals surface area contributed by atoms with Crippen molar-refractivity contribution in [3.63, 3.8) is 0 Å². The highest BCUT2D eigenvalue weighted by Gasteiger charge is 2.31. The van der Waals surface area contributed by atoms with Gasteiger partial charge in [0.15, 0.2) is 0 Å². The Balaban J connectivity index is 2.05. The van der Waals surface area contributed by atoms with E-state index in [0.717, 1.165) is 0 Å². The van der Waals surface area contributed by atoms with Crippen LogP contribution in [0.15, 0.2) is 4.63 Å². The molecule has 0 aliphatic carbocycles. The van der Waals surface area contributed by atoms with E-state index in [2.05, 4.69) is 14.9 Å². The van der Waals surface area contributed by atoms with Crippen LogP contribution in [0, 0.1) is 0 Å². The van der Waals surface area contributed by atoms with E-state index in [1.807, 2.05) is 0 Å². The van der Waals surface area contributed by atoms with Crippen molar-refractivity contribution in [2.24, 2.45) is 0 Å². The molecule has 16 heavy (non-hydrogen) atoms. The van der Waals surface area contributed by atoms with Gasteiger partial charge in [-0.1, -0.05) is 0 Å². The van der Waals surface area contributed by atoms with Crippen molar-refractivity contribution in [3.05, 3.63) is 5.69 Å². The fourth-order valence-electron chi connectivity index (χ4n) is 1.69. The van der Waals surface area contributed by atoms with Crippen molar-refractivity contribution in [2.45, 2.75) is 25.4 Å². The molecule has 88 valence electrons. The van der Waals surface area contributed by atoms with Gasteiger partial charge in [-0.25, -0.2) is 4.63 Å². The highest BCUT2D eigenvalue weighted by Crippen LogP contribution is 2.22. The lowest BCUT2D eigenvalue weighted by Gasteiger charge is -2.35. The van der Waals surface area contributed by atoms with Gasteiger partial charge < -0.3 is 15.7 Å². The predicted molar refractivity (Wildman–Crippen MR) is 54.5 cm³/mol. The Hall–Kier alpha value is -1.63. The minimum atomic E-state index is -0.690. The summed E-state index contributed by atoms with van der Waals surface area (Å²) in [5, 5.41) is 16.6. The Morgan fingerprint density at radius 2 is 2.12 bits per heavy atom. The van der Waals surface area contributed by atoms with E-state index in [1.54, 1.807) is 11.8 Å². The third-order valence-corrected chi connectivity index (χ3v) is 2.84. The van der Waals surface area contributed by atoms with Crippen LogP contribution in [0.4, 0.5) is 5.82 Å². The number of nitrogens with zero attached hydrogens (tertiary/aromatic N) is 3. The van der Waals surface area contributed by atoms with Crippen molar-refractivity contribution >= 4 is 11.7 Å². The zero-order valence-corrected chi connectivity index (χ0v) is 9.01. The van der Waals surface area contributed by atoms with Gasteiger partial charge in [0, 0.05) is 13.1 Å². The molecule has 1 aromatic rings. The van der Waals surface area contributed by atoms with Crippen LogP contribution < -0.4 is 5.73 Å². The van der Waals surface area contributed by atoms with Gasteiger partial charge >= 0.3 is 0 Å². The summed E-state index contributed by atoms with van der Waals surface area (Å²) in [4.78, 5) is 13.5. The number of likely N-dealkylation sites (tertiary alicyclic amines) is 1. The van der Waals surface area contributed by atoms with Gasteiger partial charge in [0.25, 0.3) is 5.91 Å². The first-order valence-electron chi connectivity index (χ1n) is 5.09. The zero-order valence-electron chi connectivity index (χ0n) is 9.01. The van der Waals surface area contributed by atoms with Crippen LogP contribution in [0.5, 0.6) is 0 Å². The summed E-state index contributed by atoms with van der Waals surface area (Å²) in [5.41, 5.74) is 4.79. The second-order valence-corrected chi connectivity index (χ2v) is 4.29. The number of anilines is 1. The zero-order chi connectivity index (χ0) is 11.8. The molecule has 7 heteroatoms. The molecule has 0 aromatic carbocycles. The van der Waals surface area contributed by atoms with Crippen LogP contribution in [0.2, 0.25) is 0 Å². The van der Waals surface area contributed by atoms with Crippen molar-refractivity contribution in [2.75, 3.05) is 18.8 Å². The average Bonchev–Trinajstić information content (AvgIpc) is 2.63. The number of amides is 1. The molecule has 3 N–H and O–H groups in total. The SMILES string of the molecule is CC1(O)CCN(C(=O)c2nonc2N)CC1. The van der Waals surface area contributed by atoms with Crippen molar-refractivity contribution in [1.29, 1.82) is 0 Å². The summed E-state index contributed by atoms with van der Waals surface area (Å²) in [6, 6.07) is 0. The lowest BCUT2D eigenvalue weighted by molar-refractivity contribution is -0.00226. The van der Waals surface area contributed by atoms with Gasteiger partial charge in [-0.2, -0.15) is 0 Å². The number of nitrogen functional groups attached to an aromatic ring is 1. The first-order chi connectivity index (χ1) is 7.49. The molecule has 2 rings (SSSR count). The number of carbonyl (C=O) groups is 1. The van der Waals surface area contributed by atoms with Crippen molar-refractivity contribution in [1.82, 2.24) is 15.2 Å². The molecule has 0 spiro atoms. The summed E-state index contributed by atoms with van der Waals surface area (Å²) < 4.78 is 4.38. The summed E-state index contributed by atoms with van der Waals surface area (Å²) in [6.07, 6.45) is 1.09. The standard InChI is InChI=1S/C9H14N4O3/c1-9(15)2-4-13(5-3-9)8(14)6-7(10)12-16-11-6/h15H,2-5H2,1H3,(H2,10,12). The number of hydrogen-bond donors (Lipinski definition) is 2. The molecule has 0 bridgehead atoms. The Kier molecular flexibility index (Phi) is 2.55. The van der Waals surface area contributed by atoms with Crippen molar-refractivity contribution < 1.29 is 14.5 Å². The number of rotatable bonds is 1. The first kappa shape index (κ1) is 10.9. The molecule has 0 radical (unpaired) electrons. The average molecular weight is 226 g/mol. The minimum Gasteiger partial charge on any atom is -0.390 e. The van der Waals surface area contributed by atoms with Crippen LogP contribution in [-0.4, -0.2) is 44.9 Å². The lowest BCUT2D eigenvalue weighted by atomic mass is 9.94. The highest BCUT2D eigenvalue weighted by atomic mass is 16.6. The monoisotopic (exact) mass is 226 g/mol. The molecule has 0 atom stereocenters. The summed E-state index contributed by atoms with van der Waals surface area (Å²) in [7, 11) is 0. The van der Waals surface area contributed by atoms with E-state index in [1.165, 1.54) is 0 Å². The number of aromatic nitrogens is 2.